The summed E-state index contributed by atoms with van der Waals surface area (Å²) in [6, 6.07) is 7.77. The van der Waals surface area contributed by atoms with Crippen LogP contribution in [0.3, 0.4) is 0 Å². The van der Waals surface area contributed by atoms with Crippen LogP contribution in [-0.4, -0.2) is 26.6 Å². The molecule has 1 rings (SSSR count). The molecule has 0 saturated carbocycles. The highest BCUT2D eigenvalue weighted by Crippen LogP contribution is 2.17. The number of hydrogen-bond acceptors (Lipinski definition) is 3. The first-order valence-corrected chi connectivity index (χ1v) is 6.25. The van der Waals surface area contributed by atoms with Gasteiger partial charge in [0.15, 0.2) is 0 Å². The topological polar surface area (TPSA) is 50.4 Å². The monoisotopic (exact) mass is 250 g/mol. The second-order valence-corrected chi connectivity index (χ2v) is 4.27. The normalized spacial score (nSPS) is 11.9. The highest BCUT2D eigenvalue weighted by atomic mass is 16.5. The molecule has 100 valence electrons. The van der Waals surface area contributed by atoms with Crippen molar-refractivity contribution < 1.29 is 9.53 Å². The molecule has 0 aromatic heterocycles. The minimum absolute atomic E-state index is 0.0259. The van der Waals surface area contributed by atoms with Crippen molar-refractivity contribution in [1.82, 2.24) is 10.6 Å². The molecule has 0 spiro atoms. The zero-order chi connectivity index (χ0) is 13.4. The van der Waals surface area contributed by atoms with Gasteiger partial charge < -0.3 is 15.4 Å². The lowest BCUT2D eigenvalue weighted by molar-refractivity contribution is -0.121. The molecule has 0 aliphatic heterocycles. The van der Waals surface area contributed by atoms with Crippen LogP contribution in [0.2, 0.25) is 0 Å². The Balaban J connectivity index is 2.43. The predicted octanol–water partition coefficient (Wildman–Crippen LogP) is 1.87. The van der Waals surface area contributed by atoms with E-state index >= 15 is 0 Å². The Bertz CT molecular complexity index is 363. The van der Waals surface area contributed by atoms with Crippen LogP contribution < -0.4 is 15.4 Å². The Morgan fingerprint density at radius 1 is 1.33 bits per heavy atom. The zero-order valence-electron chi connectivity index (χ0n) is 11.3. The molecule has 0 bridgehead atoms. The second-order valence-electron chi connectivity index (χ2n) is 4.27. The third-order valence-corrected chi connectivity index (χ3v) is 2.82. The average Bonchev–Trinajstić information content (AvgIpc) is 2.39. The molecule has 2 N–H and O–H groups in total. The maximum atomic E-state index is 11.7. The highest BCUT2D eigenvalue weighted by Gasteiger charge is 2.09. The molecule has 18 heavy (non-hydrogen) atoms. The third kappa shape index (κ3) is 4.75. The lowest BCUT2D eigenvalue weighted by Gasteiger charge is -2.14. The van der Waals surface area contributed by atoms with E-state index in [9.17, 15) is 4.79 Å². The Kier molecular flexibility index (Phi) is 6.22. The highest BCUT2D eigenvalue weighted by molar-refractivity contribution is 5.76. The van der Waals surface area contributed by atoms with Crippen molar-refractivity contribution in [1.29, 1.82) is 0 Å². The molecule has 0 aliphatic carbocycles. The number of methoxy groups -OCH3 is 1. The molecule has 0 saturated heterocycles. The van der Waals surface area contributed by atoms with Gasteiger partial charge >= 0.3 is 0 Å². The molecule has 0 unspecified atom stereocenters. The fourth-order valence-corrected chi connectivity index (χ4v) is 1.72. The molecule has 4 heteroatoms. The van der Waals surface area contributed by atoms with Crippen LogP contribution in [0.1, 0.15) is 31.4 Å². The van der Waals surface area contributed by atoms with Crippen LogP contribution in [-0.2, 0) is 4.79 Å². The van der Waals surface area contributed by atoms with E-state index < -0.39 is 0 Å². The molecule has 0 fully saturated rings. The minimum Gasteiger partial charge on any atom is -0.497 e. The summed E-state index contributed by atoms with van der Waals surface area (Å²) in [5, 5.41) is 6.01. The van der Waals surface area contributed by atoms with E-state index in [0.29, 0.717) is 6.42 Å². The first kappa shape index (κ1) is 14.5. The van der Waals surface area contributed by atoms with E-state index in [1.54, 1.807) is 7.11 Å². The van der Waals surface area contributed by atoms with Crippen LogP contribution in [0, 0.1) is 0 Å². The Labute approximate surface area is 109 Å². The Morgan fingerprint density at radius 2 is 2.00 bits per heavy atom. The van der Waals surface area contributed by atoms with Crippen molar-refractivity contribution in [3.8, 4) is 5.75 Å². The Hall–Kier alpha value is -1.55. The van der Waals surface area contributed by atoms with Crippen LogP contribution in [0.4, 0.5) is 0 Å². The number of rotatable bonds is 7. The summed E-state index contributed by atoms with van der Waals surface area (Å²) in [6.45, 7) is 2.85. The standard InChI is InChI=1S/C14H22N2O2/c1-11(16-14(17)5-4-10-15-2)12-6-8-13(18-3)9-7-12/h6-9,11,15H,4-5,10H2,1-3H3,(H,16,17)/t11-/m1/s1. The first-order valence-electron chi connectivity index (χ1n) is 6.25. The van der Waals surface area contributed by atoms with E-state index in [2.05, 4.69) is 10.6 Å². The summed E-state index contributed by atoms with van der Waals surface area (Å²) >= 11 is 0. The minimum atomic E-state index is 0.0259. The summed E-state index contributed by atoms with van der Waals surface area (Å²) in [4.78, 5) is 11.7. The molecular formula is C14H22N2O2. The van der Waals surface area contributed by atoms with Gasteiger partial charge in [-0.15, -0.1) is 0 Å². The largest absolute Gasteiger partial charge is 0.497 e. The van der Waals surface area contributed by atoms with Gasteiger partial charge in [0.2, 0.25) is 5.91 Å². The molecule has 1 aromatic carbocycles. The number of carbonyl (C=O) groups is 1. The SMILES string of the molecule is CNCCCC(=O)N[C@H](C)c1ccc(OC)cc1. The fourth-order valence-electron chi connectivity index (χ4n) is 1.72. The van der Waals surface area contributed by atoms with Crippen LogP contribution in [0.15, 0.2) is 24.3 Å². The fraction of sp³-hybridized carbons (Fsp3) is 0.500. The van der Waals surface area contributed by atoms with Crippen molar-refractivity contribution in [2.45, 2.75) is 25.8 Å². The predicted molar refractivity (Wildman–Crippen MR) is 72.7 cm³/mol. The van der Waals surface area contributed by atoms with Crippen LogP contribution in [0.25, 0.3) is 0 Å². The van der Waals surface area contributed by atoms with Gasteiger partial charge in [0.1, 0.15) is 5.75 Å². The molecule has 1 amide bonds. The maximum Gasteiger partial charge on any atom is 0.220 e. The van der Waals surface area contributed by atoms with Gasteiger partial charge in [-0.05, 0) is 44.6 Å². The number of hydrogen-bond donors (Lipinski definition) is 2. The molecule has 4 nitrogen and oxygen atoms in total. The van der Waals surface area contributed by atoms with E-state index in [-0.39, 0.29) is 11.9 Å². The van der Waals surface area contributed by atoms with Crippen molar-refractivity contribution in [2.24, 2.45) is 0 Å². The molecular weight excluding hydrogens is 228 g/mol. The first-order chi connectivity index (χ1) is 8.67. The number of nitrogens with one attached hydrogen (secondary N) is 2. The average molecular weight is 250 g/mol. The molecule has 1 atom stereocenters. The summed E-state index contributed by atoms with van der Waals surface area (Å²) in [5.74, 6) is 0.917. The second kappa shape index (κ2) is 7.71. The number of ether oxygens (including phenoxy) is 1. The van der Waals surface area contributed by atoms with Crippen molar-refractivity contribution >= 4 is 5.91 Å². The smallest absolute Gasteiger partial charge is 0.220 e. The van der Waals surface area contributed by atoms with Gasteiger partial charge in [0, 0.05) is 6.42 Å². The van der Waals surface area contributed by atoms with Gasteiger partial charge in [-0.25, -0.2) is 0 Å². The Morgan fingerprint density at radius 3 is 2.56 bits per heavy atom. The quantitative estimate of drug-likeness (QED) is 0.726. The molecule has 0 heterocycles. The van der Waals surface area contributed by atoms with Gasteiger partial charge in [-0.1, -0.05) is 12.1 Å². The van der Waals surface area contributed by atoms with E-state index in [1.807, 2.05) is 38.2 Å². The third-order valence-electron chi connectivity index (χ3n) is 2.82. The summed E-state index contributed by atoms with van der Waals surface area (Å²) < 4.78 is 5.10. The zero-order valence-corrected chi connectivity index (χ0v) is 11.3. The van der Waals surface area contributed by atoms with E-state index in [4.69, 9.17) is 4.74 Å². The molecule has 0 radical (unpaired) electrons. The van der Waals surface area contributed by atoms with Crippen molar-refractivity contribution in [3.63, 3.8) is 0 Å². The summed E-state index contributed by atoms with van der Waals surface area (Å²) in [5.41, 5.74) is 1.08. The van der Waals surface area contributed by atoms with Gasteiger partial charge in [-0.2, -0.15) is 0 Å². The molecule has 0 aliphatic rings. The van der Waals surface area contributed by atoms with Gasteiger partial charge in [-0.3, -0.25) is 4.79 Å². The van der Waals surface area contributed by atoms with Crippen LogP contribution >= 0.6 is 0 Å². The summed E-state index contributed by atoms with van der Waals surface area (Å²) in [6.07, 6.45) is 1.42. The maximum absolute atomic E-state index is 11.7. The summed E-state index contributed by atoms with van der Waals surface area (Å²) in [7, 11) is 3.53. The number of benzene rings is 1. The van der Waals surface area contributed by atoms with Crippen molar-refractivity contribution in [2.75, 3.05) is 20.7 Å². The lowest BCUT2D eigenvalue weighted by Crippen LogP contribution is -2.27. The van der Waals surface area contributed by atoms with Gasteiger partial charge in [0.05, 0.1) is 13.2 Å². The van der Waals surface area contributed by atoms with Gasteiger partial charge in [0.25, 0.3) is 0 Å². The number of carbonyl (C=O) groups excluding carboxylic acids is 1. The van der Waals surface area contributed by atoms with Crippen molar-refractivity contribution in [3.05, 3.63) is 29.8 Å². The molecule has 1 aromatic rings. The van der Waals surface area contributed by atoms with E-state index in [0.717, 1.165) is 24.3 Å². The van der Waals surface area contributed by atoms with E-state index in [1.165, 1.54) is 0 Å². The number of amides is 1. The van der Waals surface area contributed by atoms with Crippen LogP contribution in [0.5, 0.6) is 5.75 Å². The lowest BCUT2D eigenvalue weighted by atomic mass is 10.1.